The molecule has 1 saturated heterocycles. The second-order valence-electron chi connectivity index (χ2n) is 7.55. The molecule has 1 atom stereocenters. The molecule has 29 heavy (non-hydrogen) atoms. The van der Waals surface area contributed by atoms with Gasteiger partial charge in [0.25, 0.3) is 0 Å². The summed E-state index contributed by atoms with van der Waals surface area (Å²) in [6.45, 7) is 2.82. The first-order valence-corrected chi connectivity index (χ1v) is 13.4. The molecule has 1 amide bonds. The van der Waals surface area contributed by atoms with Gasteiger partial charge in [0, 0.05) is 23.1 Å². The van der Waals surface area contributed by atoms with E-state index >= 15 is 0 Å². The predicted molar refractivity (Wildman–Crippen MR) is 119 cm³/mol. The molecule has 2 heterocycles. The van der Waals surface area contributed by atoms with Crippen LogP contribution in [0.5, 0.6) is 0 Å². The largest absolute Gasteiger partial charge is 0.335 e. The highest BCUT2D eigenvalue weighted by Crippen LogP contribution is 2.34. The first kappa shape index (κ1) is 20.9. The van der Waals surface area contributed by atoms with Crippen LogP contribution in [-0.4, -0.2) is 58.1 Å². The lowest BCUT2D eigenvalue weighted by molar-refractivity contribution is -0.130. The Morgan fingerprint density at radius 2 is 1.97 bits per heavy atom. The molecule has 1 aromatic heterocycles. The summed E-state index contributed by atoms with van der Waals surface area (Å²) in [4.78, 5) is 19.4. The highest BCUT2D eigenvalue weighted by molar-refractivity contribution is 9.10. The Balaban J connectivity index is 1.47. The number of sulfone groups is 1. The first-order chi connectivity index (χ1) is 13.9. The second kappa shape index (κ2) is 8.43. The van der Waals surface area contributed by atoms with E-state index in [1.165, 1.54) is 11.8 Å². The van der Waals surface area contributed by atoms with Crippen LogP contribution in [0.15, 0.2) is 40.1 Å². The van der Waals surface area contributed by atoms with Crippen molar-refractivity contribution >= 4 is 43.4 Å². The number of amides is 1. The Kier molecular flexibility index (Phi) is 6.09. The Morgan fingerprint density at radius 1 is 1.24 bits per heavy atom. The fourth-order valence-corrected chi connectivity index (χ4v) is 6.77. The summed E-state index contributed by atoms with van der Waals surface area (Å²) >= 11 is 4.89. The van der Waals surface area contributed by atoms with Gasteiger partial charge in [-0.1, -0.05) is 39.8 Å². The number of benzene rings is 1. The molecule has 0 spiro atoms. The van der Waals surface area contributed by atoms with Crippen LogP contribution in [0.2, 0.25) is 0 Å². The van der Waals surface area contributed by atoms with E-state index in [1.54, 1.807) is 0 Å². The normalized spacial score (nSPS) is 20.7. The van der Waals surface area contributed by atoms with E-state index in [0.29, 0.717) is 6.42 Å². The molecule has 2 aliphatic rings. The van der Waals surface area contributed by atoms with Crippen molar-refractivity contribution in [3.8, 4) is 11.3 Å². The number of thioether (sulfide) groups is 1. The SMILES string of the molecule is CCn1c(-c2ccc(Br)cc2)cnc1SCC(=O)N(C1CC1)[C@H]1CCS(=O)(=O)C1. The maximum atomic E-state index is 13.0. The standard InChI is InChI=1S/C20H24BrN3O3S2/c1-2-23-18(14-3-5-15(21)6-4-14)11-22-20(23)28-12-19(25)24(16-7-8-16)17-9-10-29(26,27)13-17/h3-6,11,16-17H,2,7-10,12-13H2,1H3/t17-/m0/s1. The summed E-state index contributed by atoms with van der Waals surface area (Å²) in [5.41, 5.74) is 2.10. The van der Waals surface area contributed by atoms with Crippen molar-refractivity contribution in [2.75, 3.05) is 17.3 Å². The van der Waals surface area contributed by atoms with Crippen molar-refractivity contribution in [2.45, 2.75) is 50.0 Å². The van der Waals surface area contributed by atoms with Crippen molar-refractivity contribution in [3.05, 3.63) is 34.9 Å². The van der Waals surface area contributed by atoms with Crippen LogP contribution in [-0.2, 0) is 21.2 Å². The third-order valence-electron chi connectivity index (χ3n) is 5.43. The number of nitrogens with zero attached hydrogens (tertiary/aromatic N) is 3. The molecule has 1 saturated carbocycles. The summed E-state index contributed by atoms with van der Waals surface area (Å²) in [6.07, 6.45) is 4.36. The molecule has 1 aliphatic heterocycles. The summed E-state index contributed by atoms with van der Waals surface area (Å²) in [5.74, 6) is 0.606. The second-order valence-corrected chi connectivity index (χ2v) is 11.6. The van der Waals surface area contributed by atoms with Crippen LogP contribution < -0.4 is 0 Å². The van der Waals surface area contributed by atoms with Gasteiger partial charge in [-0.3, -0.25) is 4.79 Å². The van der Waals surface area contributed by atoms with Gasteiger partial charge in [-0.25, -0.2) is 13.4 Å². The van der Waals surface area contributed by atoms with Crippen LogP contribution in [0.1, 0.15) is 26.2 Å². The zero-order valence-electron chi connectivity index (χ0n) is 16.3. The van der Waals surface area contributed by atoms with Crippen molar-refractivity contribution in [2.24, 2.45) is 0 Å². The van der Waals surface area contributed by atoms with Gasteiger partial charge in [-0.05, 0) is 43.9 Å². The molecule has 1 aliphatic carbocycles. The van der Waals surface area contributed by atoms with Crippen LogP contribution in [0.4, 0.5) is 0 Å². The topological polar surface area (TPSA) is 72.3 Å². The van der Waals surface area contributed by atoms with Gasteiger partial charge in [0.1, 0.15) is 0 Å². The molecule has 6 nitrogen and oxygen atoms in total. The summed E-state index contributed by atoms with van der Waals surface area (Å²) < 4.78 is 26.9. The smallest absolute Gasteiger partial charge is 0.233 e. The minimum atomic E-state index is -3.01. The van der Waals surface area contributed by atoms with Crippen LogP contribution in [0.3, 0.4) is 0 Å². The lowest BCUT2D eigenvalue weighted by Crippen LogP contribution is -2.43. The lowest BCUT2D eigenvalue weighted by atomic mass is 10.2. The van der Waals surface area contributed by atoms with E-state index in [4.69, 9.17) is 0 Å². The van der Waals surface area contributed by atoms with Crippen molar-refractivity contribution in [1.29, 1.82) is 0 Å². The fourth-order valence-electron chi connectivity index (χ4n) is 3.88. The average Bonchev–Trinajstić information content (AvgIpc) is 3.33. The molecule has 0 N–H and O–H groups in total. The number of rotatable bonds is 7. The van der Waals surface area contributed by atoms with Gasteiger partial charge in [-0.2, -0.15) is 0 Å². The van der Waals surface area contributed by atoms with E-state index in [0.717, 1.165) is 40.3 Å². The van der Waals surface area contributed by atoms with Gasteiger partial charge < -0.3 is 9.47 Å². The van der Waals surface area contributed by atoms with Gasteiger partial charge in [0.2, 0.25) is 5.91 Å². The number of aromatic nitrogens is 2. The van der Waals surface area contributed by atoms with Crippen molar-refractivity contribution < 1.29 is 13.2 Å². The van der Waals surface area contributed by atoms with Crippen molar-refractivity contribution in [1.82, 2.24) is 14.5 Å². The molecule has 0 radical (unpaired) electrons. The highest BCUT2D eigenvalue weighted by atomic mass is 79.9. The molecule has 4 rings (SSSR count). The Labute approximate surface area is 184 Å². The van der Waals surface area contributed by atoms with Crippen LogP contribution in [0, 0.1) is 0 Å². The van der Waals surface area contributed by atoms with E-state index in [1.807, 2.05) is 35.4 Å². The minimum Gasteiger partial charge on any atom is -0.335 e. The summed E-state index contributed by atoms with van der Waals surface area (Å²) in [6, 6.07) is 8.14. The summed E-state index contributed by atoms with van der Waals surface area (Å²) in [7, 11) is -3.01. The van der Waals surface area contributed by atoms with E-state index in [-0.39, 0.29) is 35.2 Å². The molecule has 156 valence electrons. The molecule has 0 bridgehead atoms. The fraction of sp³-hybridized carbons (Fsp3) is 0.500. The monoisotopic (exact) mass is 497 g/mol. The highest BCUT2D eigenvalue weighted by Gasteiger charge is 2.42. The zero-order valence-corrected chi connectivity index (χ0v) is 19.5. The number of imidazole rings is 1. The molecular weight excluding hydrogens is 474 g/mol. The minimum absolute atomic E-state index is 0.0236. The van der Waals surface area contributed by atoms with E-state index in [2.05, 4.69) is 32.4 Å². The third kappa shape index (κ3) is 4.72. The molecule has 9 heteroatoms. The number of carbonyl (C=O) groups excluding carboxylic acids is 1. The first-order valence-electron chi connectivity index (χ1n) is 9.84. The summed E-state index contributed by atoms with van der Waals surface area (Å²) in [5, 5.41) is 0.813. The number of hydrogen-bond acceptors (Lipinski definition) is 5. The third-order valence-corrected chi connectivity index (χ3v) is 8.68. The molecule has 1 aromatic carbocycles. The van der Waals surface area contributed by atoms with E-state index in [9.17, 15) is 13.2 Å². The van der Waals surface area contributed by atoms with Crippen LogP contribution >= 0.6 is 27.7 Å². The van der Waals surface area contributed by atoms with Gasteiger partial charge >= 0.3 is 0 Å². The number of carbonyl (C=O) groups is 1. The number of halogens is 1. The predicted octanol–water partition coefficient (Wildman–Crippen LogP) is 3.60. The Bertz CT molecular complexity index is 1000. The maximum Gasteiger partial charge on any atom is 0.233 e. The van der Waals surface area contributed by atoms with Gasteiger partial charge in [0.15, 0.2) is 15.0 Å². The molecule has 2 aromatic rings. The molecular formula is C20H24BrN3O3S2. The Morgan fingerprint density at radius 3 is 2.55 bits per heavy atom. The number of hydrogen-bond donors (Lipinski definition) is 0. The lowest BCUT2D eigenvalue weighted by Gasteiger charge is -2.28. The van der Waals surface area contributed by atoms with Gasteiger partial charge in [0.05, 0.1) is 29.1 Å². The average molecular weight is 498 g/mol. The molecule has 0 unspecified atom stereocenters. The maximum absolute atomic E-state index is 13.0. The van der Waals surface area contributed by atoms with E-state index < -0.39 is 9.84 Å². The van der Waals surface area contributed by atoms with Crippen molar-refractivity contribution in [3.63, 3.8) is 0 Å². The zero-order chi connectivity index (χ0) is 20.6. The quantitative estimate of drug-likeness (QED) is 0.546. The molecule has 2 fully saturated rings. The van der Waals surface area contributed by atoms with Gasteiger partial charge in [-0.15, -0.1) is 0 Å². The van der Waals surface area contributed by atoms with Crippen LogP contribution in [0.25, 0.3) is 11.3 Å². The Hall–Kier alpha value is -1.32.